The molecule has 0 spiro atoms. The van der Waals surface area contributed by atoms with E-state index in [0.29, 0.717) is 31.9 Å². The number of methoxy groups -OCH3 is 1. The fourth-order valence-electron chi connectivity index (χ4n) is 3.86. The van der Waals surface area contributed by atoms with Crippen LogP contribution in [0, 0.1) is 0 Å². The highest BCUT2D eigenvalue weighted by molar-refractivity contribution is 7.07. The zero-order valence-corrected chi connectivity index (χ0v) is 20.5. The van der Waals surface area contributed by atoms with Crippen LogP contribution in [0.1, 0.15) is 48.3 Å². The maximum Gasteiger partial charge on any atom is 0.338 e. The smallest absolute Gasteiger partial charge is 0.338 e. The molecule has 1 aromatic heterocycles. The summed E-state index contributed by atoms with van der Waals surface area (Å²) in [5, 5.41) is 9.12. The number of thiazole rings is 1. The van der Waals surface area contributed by atoms with E-state index in [9.17, 15) is 14.4 Å². The van der Waals surface area contributed by atoms with Gasteiger partial charge in [-0.15, -0.1) is 0 Å². The zero-order chi connectivity index (χ0) is 25.3. The van der Waals surface area contributed by atoms with Crippen molar-refractivity contribution >= 4 is 29.4 Å². The van der Waals surface area contributed by atoms with Gasteiger partial charge < -0.3 is 14.6 Å². The molecule has 3 aromatic rings. The summed E-state index contributed by atoms with van der Waals surface area (Å²) < 4.78 is 12.8. The maximum atomic E-state index is 13.6. The molecule has 0 bridgehead atoms. The molecular formula is C26H24N2O6S. The van der Waals surface area contributed by atoms with Gasteiger partial charge in [0.15, 0.2) is 4.80 Å². The summed E-state index contributed by atoms with van der Waals surface area (Å²) in [6.07, 6.45) is 1.34. The average Bonchev–Trinajstić information content (AvgIpc) is 3.12. The van der Waals surface area contributed by atoms with Crippen molar-refractivity contribution in [2.45, 2.75) is 32.9 Å². The predicted octanol–water partition coefficient (Wildman–Crippen LogP) is 2.89. The summed E-state index contributed by atoms with van der Waals surface area (Å²) in [7, 11) is 1.55. The summed E-state index contributed by atoms with van der Waals surface area (Å²) in [5.74, 6) is -0.965. The largest absolute Gasteiger partial charge is 0.497 e. The van der Waals surface area contributed by atoms with E-state index >= 15 is 0 Å². The topological polar surface area (TPSA) is 107 Å². The monoisotopic (exact) mass is 492 g/mol. The van der Waals surface area contributed by atoms with Crippen molar-refractivity contribution in [3.8, 4) is 5.75 Å². The number of allylic oxidation sites excluding steroid dienone is 1. The summed E-state index contributed by atoms with van der Waals surface area (Å²) in [4.78, 5) is 42.9. The summed E-state index contributed by atoms with van der Waals surface area (Å²) in [5.41, 5.74) is 1.97. The Kier molecular flexibility index (Phi) is 6.70. The lowest BCUT2D eigenvalue weighted by atomic mass is 9.95. The second-order valence-electron chi connectivity index (χ2n) is 8.24. The minimum absolute atomic E-state index is 0.158. The summed E-state index contributed by atoms with van der Waals surface area (Å²) >= 11 is 1.20. The molecule has 35 heavy (non-hydrogen) atoms. The number of fused-ring (bicyclic) bond motifs is 1. The lowest BCUT2D eigenvalue weighted by molar-refractivity contribution is -0.143. The van der Waals surface area contributed by atoms with Crippen LogP contribution in [0.3, 0.4) is 0 Å². The van der Waals surface area contributed by atoms with E-state index in [0.717, 1.165) is 0 Å². The molecule has 0 radical (unpaired) electrons. The van der Waals surface area contributed by atoms with E-state index in [1.807, 2.05) is 6.07 Å². The van der Waals surface area contributed by atoms with E-state index in [-0.39, 0.29) is 22.8 Å². The minimum atomic E-state index is -1.02. The number of carbonyl (C=O) groups excluding carboxylic acids is 1. The van der Waals surface area contributed by atoms with Gasteiger partial charge in [0.05, 0.1) is 40.6 Å². The Morgan fingerprint density at radius 1 is 1.17 bits per heavy atom. The van der Waals surface area contributed by atoms with Crippen LogP contribution in [0.25, 0.3) is 6.08 Å². The van der Waals surface area contributed by atoms with Gasteiger partial charge in [-0.1, -0.05) is 35.6 Å². The first kappa shape index (κ1) is 24.2. The van der Waals surface area contributed by atoms with Gasteiger partial charge in [0.2, 0.25) is 0 Å². The third kappa shape index (κ3) is 4.81. The number of benzene rings is 2. The Morgan fingerprint density at radius 2 is 1.89 bits per heavy atom. The third-order valence-corrected chi connectivity index (χ3v) is 6.43. The van der Waals surface area contributed by atoms with E-state index in [4.69, 9.17) is 14.6 Å². The van der Waals surface area contributed by atoms with E-state index in [1.54, 1.807) is 64.3 Å². The number of carboxylic acids is 1. The molecule has 2 aromatic carbocycles. The standard InChI is InChI=1S/C26H24N2O6S/c1-14(2)34-25(32)21-15(3)27-26-28(22(21)18-6-5-7-19(13-18)33-4)23(29)20(35-26)12-16-8-10-17(11-9-16)24(30)31/h5-14,22H,1-4H3,(H,30,31)/b20-12-/t22-/m0/s1. The van der Waals surface area contributed by atoms with Gasteiger partial charge in [0, 0.05) is 0 Å². The number of ether oxygens (including phenoxy) is 2. The lowest BCUT2D eigenvalue weighted by Gasteiger charge is -2.25. The fraction of sp³-hybridized carbons (Fsp3) is 0.231. The van der Waals surface area contributed by atoms with Crippen molar-refractivity contribution in [2.24, 2.45) is 4.99 Å². The maximum absolute atomic E-state index is 13.6. The van der Waals surface area contributed by atoms with E-state index in [2.05, 4.69) is 4.99 Å². The first-order valence-corrected chi connectivity index (χ1v) is 11.7. The van der Waals surface area contributed by atoms with Crippen molar-refractivity contribution in [3.05, 3.63) is 96.2 Å². The highest BCUT2D eigenvalue weighted by Gasteiger charge is 2.34. The van der Waals surface area contributed by atoms with Crippen LogP contribution in [0.15, 0.2) is 69.6 Å². The minimum Gasteiger partial charge on any atom is -0.497 e. The number of esters is 1. The Morgan fingerprint density at radius 3 is 2.51 bits per heavy atom. The Bertz CT molecular complexity index is 1510. The van der Waals surface area contributed by atoms with Gasteiger partial charge in [-0.2, -0.15) is 0 Å². The van der Waals surface area contributed by atoms with E-state index < -0.39 is 18.0 Å². The molecule has 0 saturated heterocycles. The molecule has 2 heterocycles. The molecule has 1 N–H and O–H groups in total. The molecule has 9 heteroatoms. The second-order valence-corrected chi connectivity index (χ2v) is 9.25. The van der Waals surface area contributed by atoms with Crippen LogP contribution in [-0.2, 0) is 9.53 Å². The molecule has 0 amide bonds. The number of carboxylic acid groups (broad SMARTS) is 1. The zero-order valence-electron chi connectivity index (χ0n) is 19.6. The van der Waals surface area contributed by atoms with Crippen molar-refractivity contribution < 1.29 is 24.2 Å². The van der Waals surface area contributed by atoms with Gasteiger partial charge in [-0.3, -0.25) is 9.36 Å². The first-order chi connectivity index (χ1) is 16.7. The molecule has 0 fully saturated rings. The number of rotatable bonds is 6. The van der Waals surface area contributed by atoms with Crippen molar-refractivity contribution in [2.75, 3.05) is 7.11 Å². The van der Waals surface area contributed by atoms with Crippen LogP contribution in [0.4, 0.5) is 0 Å². The molecule has 0 aliphatic carbocycles. The molecular weight excluding hydrogens is 468 g/mol. The van der Waals surface area contributed by atoms with Crippen LogP contribution >= 0.6 is 11.3 Å². The van der Waals surface area contributed by atoms with Gasteiger partial charge in [-0.25, -0.2) is 14.6 Å². The highest BCUT2D eigenvalue weighted by Crippen LogP contribution is 2.32. The second kappa shape index (κ2) is 9.71. The van der Waals surface area contributed by atoms with Crippen LogP contribution in [-0.4, -0.2) is 34.8 Å². The lowest BCUT2D eigenvalue weighted by Crippen LogP contribution is -2.40. The molecule has 0 unspecified atom stereocenters. The molecule has 8 nitrogen and oxygen atoms in total. The number of carbonyl (C=O) groups is 2. The molecule has 1 aliphatic heterocycles. The quantitative estimate of drug-likeness (QED) is 0.531. The normalized spacial score (nSPS) is 15.6. The Labute approximate surface area is 205 Å². The number of aromatic nitrogens is 1. The Hall–Kier alpha value is -3.98. The van der Waals surface area contributed by atoms with Crippen LogP contribution in [0.5, 0.6) is 5.75 Å². The van der Waals surface area contributed by atoms with Crippen LogP contribution < -0.4 is 19.6 Å². The number of hydrogen-bond acceptors (Lipinski definition) is 7. The molecule has 1 atom stereocenters. The highest BCUT2D eigenvalue weighted by atomic mass is 32.1. The molecule has 180 valence electrons. The van der Waals surface area contributed by atoms with Crippen molar-refractivity contribution in [1.29, 1.82) is 0 Å². The van der Waals surface area contributed by atoms with Crippen molar-refractivity contribution in [3.63, 3.8) is 0 Å². The van der Waals surface area contributed by atoms with Gasteiger partial charge in [-0.05, 0) is 62.2 Å². The summed E-state index contributed by atoms with van der Waals surface area (Å²) in [6.45, 7) is 5.25. The van der Waals surface area contributed by atoms with E-state index in [1.165, 1.54) is 28.0 Å². The predicted molar refractivity (Wildman–Crippen MR) is 131 cm³/mol. The molecule has 0 saturated carbocycles. The van der Waals surface area contributed by atoms with Gasteiger partial charge >= 0.3 is 11.9 Å². The SMILES string of the molecule is COc1cccc([C@H]2C(C(=O)OC(C)C)=C(C)N=c3s/c(=C\c4ccc(C(=O)O)cc4)c(=O)n32)c1. The van der Waals surface area contributed by atoms with Crippen molar-refractivity contribution in [1.82, 2.24) is 4.57 Å². The molecule has 4 rings (SSSR count). The average molecular weight is 493 g/mol. The van der Waals surface area contributed by atoms with Gasteiger partial charge in [0.1, 0.15) is 5.75 Å². The number of hydrogen-bond donors (Lipinski definition) is 1. The summed E-state index contributed by atoms with van der Waals surface area (Å²) in [6, 6.07) is 12.7. The molecule has 1 aliphatic rings. The van der Waals surface area contributed by atoms with Gasteiger partial charge in [0.25, 0.3) is 5.56 Å². The number of nitrogens with zero attached hydrogens (tertiary/aromatic N) is 2. The van der Waals surface area contributed by atoms with Crippen LogP contribution in [0.2, 0.25) is 0 Å². The fourth-order valence-corrected chi connectivity index (χ4v) is 4.91. The third-order valence-electron chi connectivity index (χ3n) is 5.45. The first-order valence-electron chi connectivity index (χ1n) is 10.9. The number of aromatic carboxylic acids is 1. The Balaban J connectivity index is 1.91.